The number of carbonyl (C=O) groups is 2. The molecule has 2 amide bonds. The number of halogens is 2. The third kappa shape index (κ3) is 6.07. The summed E-state index contributed by atoms with van der Waals surface area (Å²) in [6.45, 7) is 16.8. The molecule has 0 aliphatic carbocycles. The smallest absolute Gasteiger partial charge is 0.410 e. The Bertz CT molecular complexity index is 955. The fourth-order valence-corrected chi connectivity index (χ4v) is 6.26. The molecule has 0 saturated carbocycles. The van der Waals surface area contributed by atoms with Crippen LogP contribution in [0, 0.1) is 5.41 Å². The van der Waals surface area contributed by atoms with Gasteiger partial charge in [0.15, 0.2) is 8.32 Å². The van der Waals surface area contributed by atoms with Crippen molar-refractivity contribution in [1.29, 1.82) is 0 Å². The second kappa shape index (κ2) is 10.8. The van der Waals surface area contributed by atoms with Crippen LogP contribution in [-0.2, 0) is 14.0 Å². The Kier molecular flexibility index (Phi) is 8.67. The molecule has 2 heterocycles. The molecular weight excluding hydrogens is 503 g/mol. The van der Waals surface area contributed by atoms with Crippen molar-refractivity contribution in [1.82, 2.24) is 9.80 Å². The minimum Gasteiger partial charge on any atom is -0.445 e. The van der Waals surface area contributed by atoms with E-state index in [1.807, 2.05) is 17.0 Å². The van der Waals surface area contributed by atoms with Crippen LogP contribution in [0.2, 0.25) is 28.2 Å². The number of nitrogens with zero attached hydrogens (tertiary/aromatic N) is 2. The fraction of sp³-hybridized carbons (Fsp3) is 0.615. The van der Waals surface area contributed by atoms with E-state index in [2.05, 4.69) is 40.4 Å². The summed E-state index contributed by atoms with van der Waals surface area (Å²) < 4.78 is 11.6. The predicted octanol–water partition coefficient (Wildman–Crippen LogP) is 6.69. The monoisotopic (exact) mass is 540 g/mol. The SMILES string of the molecule is C=CCOC(=O)N1CCC2(CC1)CC(c1ccc(Cl)cc1Cl)N(CCO[Si](C)(C)C(C)(C)C)C2=O. The van der Waals surface area contributed by atoms with Gasteiger partial charge >= 0.3 is 6.09 Å². The summed E-state index contributed by atoms with van der Waals surface area (Å²) in [6, 6.07) is 5.32. The molecule has 1 unspecified atom stereocenters. The third-order valence-electron chi connectivity index (χ3n) is 7.90. The Morgan fingerprint density at radius 2 is 1.91 bits per heavy atom. The minimum atomic E-state index is -1.95. The summed E-state index contributed by atoms with van der Waals surface area (Å²) in [6.07, 6.45) is 3.03. The average Bonchev–Trinajstić information content (AvgIpc) is 3.03. The van der Waals surface area contributed by atoms with Crippen molar-refractivity contribution < 1.29 is 18.8 Å². The van der Waals surface area contributed by atoms with Gasteiger partial charge in [-0.2, -0.15) is 0 Å². The highest BCUT2D eigenvalue weighted by Gasteiger charge is 2.53. The zero-order valence-electron chi connectivity index (χ0n) is 21.5. The van der Waals surface area contributed by atoms with Gasteiger partial charge in [0.05, 0.1) is 18.1 Å². The van der Waals surface area contributed by atoms with E-state index >= 15 is 0 Å². The second-order valence-corrected chi connectivity index (χ2v) is 16.8. The quantitative estimate of drug-likeness (QED) is 0.285. The largest absolute Gasteiger partial charge is 0.445 e. The Morgan fingerprint density at radius 1 is 1.26 bits per heavy atom. The summed E-state index contributed by atoms with van der Waals surface area (Å²) in [5, 5.41) is 1.22. The van der Waals surface area contributed by atoms with Crippen LogP contribution in [0.1, 0.15) is 51.6 Å². The predicted molar refractivity (Wildman–Crippen MR) is 143 cm³/mol. The Labute approximate surface area is 220 Å². The first-order valence-electron chi connectivity index (χ1n) is 12.2. The molecule has 0 radical (unpaired) electrons. The number of hydrogen-bond acceptors (Lipinski definition) is 4. The molecule has 2 saturated heterocycles. The van der Waals surface area contributed by atoms with Crippen LogP contribution in [0.15, 0.2) is 30.9 Å². The Morgan fingerprint density at radius 3 is 2.49 bits per heavy atom. The lowest BCUT2D eigenvalue weighted by atomic mass is 9.75. The molecule has 9 heteroatoms. The molecule has 0 bridgehead atoms. The zero-order valence-corrected chi connectivity index (χ0v) is 24.0. The number of hydrogen-bond donors (Lipinski definition) is 0. The first-order valence-corrected chi connectivity index (χ1v) is 15.9. The van der Waals surface area contributed by atoms with Crippen molar-refractivity contribution in [3.8, 4) is 0 Å². The molecule has 6 nitrogen and oxygen atoms in total. The summed E-state index contributed by atoms with van der Waals surface area (Å²) in [5.74, 6) is 0.117. The highest BCUT2D eigenvalue weighted by Crippen LogP contribution is 2.51. The van der Waals surface area contributed by atoms with Crippen LogP contribution >= 0.6 is 23.2 Å². The fourth-order valence-electron chi connectivity index (χ4n) is 4.69. The van der Waals surface area contributed by atoms with E-state index in [4.69, 9.17) is 32.4 Å². The molecule has 35 heavy (non-hydrogen) atoms. The molecule has 0 N–H and O–H groups in total. The van der Waals surface area contributed by atoms with Gasteiger partial charge in [0, 0.05) is 29.7 Å². The second-order valence-electron chi connectivity index (χ2n) is 11.1. The van der Waals surface area contributed by atoms with Crippen LogP contribution < -0.4 is 0 Å². The van der Waals surface area contributed by atoms with Crippen molar-refractivity contribution >= 4 is 43.5 Å². The van der Waals surface area contributed by atoms with E-state index in [0.29, 0.717) is 55.5 Å². The molecule has 1 spiro atoms. The van der Waals surface area contributed by atoms with Gasteiger partial charge in [0.2, 0.25) is 5.91 Å². The van der Waals surface area contributed by atoms with Crippen molar-refractivity contribution in [3.63, 3.8) is 0 Å². The number of ether oxygens (including phenoxy) is 1. The standard InChI is InChI=1S/C26H38Cl2N2O4Si/c1-7-15-33-24(32)29-12-10-26(11-13-29)18-22(20-9-8-19(27)17-21(20)28)30(23(26)31)14-16-34-35(5,6)25(2,3)4/h7-9,17,22H,1,10-16,18H2,2-6H3. The number of benzene rings is 1. The van der Waals surface area contributed by atoms with Gasteiger partial charge in [-0.05, 0) is 55.1 Å². The van der Waals surface area contributed by atoms with Crippen LogP contribution in [0.25, 0.3) is 0 Å². The van der Waals surface area contributed by atoms with Gasteiger partial charge in [-0.25, -0.2) is 4.79 Å². The molecule has 194 valence electrons. The lowest BCUT2D eigenvalue weighted by Crippen LogP contribution is -2.47. The molecular formula is C26H38Cl2N2O4Si. The number of carbonyl (C=O) groups excluding carboxylic acids is 2. The molecule has 0 aromatic heterocycles. The van der Waals surface area contributed by atoms with Gasteiger partial charge < -0.3 is 19.0 Å². The highest BCUT2D eigenvalue weighted by atomic mass is 35.5. The van der Waals surface area contributed by atoms with E-state index < -0.39 is 13.7 Å². The molecule has 1 aromatic carbocycles. The van der Waals surface area contributed by atoms with Crippen LogP contribution in [0.3, 0.4) is 0 Å². The third-order valence-corrected chi connectivity index (χ3v) is 13.0. The topological polar surface area (TPSA) is 59.1 Å². The molecule has 2 fully saturated rings. The van der Waals surface area contributed by atoms with Gasteiger partial charge in [-0.15, -0.1) is 0 Å². The van der Waals surface area contributed by atoms with Crippen molar-refractivity contribution in [2.75, 3.05) is 32.8 Å². The lowest BCUT2D eigenvalue weighted by Gasteiger charge is -2.38. The summed E-state index contributed by atoms with van der Waals surface area (Å²) >= 11 is 12.8. The van der Waals surface area contributed by atoms with E-state index in [1.165, 1.54) is 0 Å². The highest BCUT2D eigenvalue weighted by molar-refractivity contribution is 6.74. The van der Waals surface area contributed by atoms with Gasteiger partial charge in [0.1, 0.15) is 6.61 Å². The minimum absolute atomic E-state index is 0.0924. The van der Waals surface area contributed by atoms with Crippen molar-refractivity contribution in [2.24, 2.45) is 5.41 Å². The average molecular weight is 542 g/mol. The van der Waals surface area contributed by atoms with E-state index in [0.717, 1.165) is 5.56 Å². The molecule has 1 aromatic rings. The molecule has 1 atom stereocenters. The Balaban J connectivity index is 1.80. The molecule has 3 rings (SSSR count). The number of piperidine rings is 1. The maximum absolute atomic E-state index is 13.9. The number of likely N-dealkylation sites (tertiary alicyclic amines) is 2. The van der Waals surface area contributed by atoms with Gasteiger partial charge in [-0.1, -0.05) is 62.7 Å². The van der Waals surface area contributed by atoms with Gasteiger partial charge in [-0.3, -0.25) is 4.79 Å². The maximum Gasteiger partial charge on any atom is 0.410 e. The van der Waals surface area contributed by atoms with Crippen LogP contribution in [0.4, 0.5) is 4.79 Å². The van der Waals surface area contributed by atoms with Gasteiger partial charge in [0.25, 0.3) is 0 Å². The number of amides is 2. The van der Waals surface area contributed by atoms with Crippen molar-refractivity contribution in [2.45, 2.75) is 64.2 Å². The van der Waals surface area contributed by atoms with E-state index in [-0.39, 0.29) is 29.7 Å². The zero-order chi connectivity index (χ0) is 26.0. The van der Waals surface area contributed by atoms with Crippen LogP contribution in [-0.4, -0.2) is 63.0 Å². The summed E-state index contributed by atoms with van der Waals surface area (Å²) in [4.78, 5) is 29.8. The lowest BCUT2D eigenvalue weighted by molar-refractivity contribution is -0.139. The molecule has 2 aliphatic rings. The first-order chi connectivity index (χ1) is 16.3. The summed E-state index contributed by atoms with van der Waals surface area (Å²) in [7, 11) is -1.95. The summed E-state index contributed by atoms with van der Waals surface area (Å²) in [5.41, 5.74) is 0.376. The van der Waals surface area contributed by atoms with Crippen LogP contribution in [0.5, 0.6) is 0 Å². The Hall–Kier alpha value is -1.54. The number of rotatable bonds is 7. The molecule has 2 aliphatic heterocycles. The van der Waals surface area contributed by atoms with E-state index in [9.17, 15) is 9.59 Å². The van der Waals surface area contributed by atoms with E-state index in [1.54, 1.807) is 17.0 Å². The normalized spacial score (nSPS) is 20.4. The first kappa shape index (κ1) is 28.0. The van der Waals surface area contributed by atoms with Crippen molar-refractivity contribution in [3.05, 3.63) is 46.5 Å². The maximum atomic E-state index is 13.9.